The Morgan fingerprint density at radius 3 is 2.85 bits per heavy atom. The van der Waals surface area contributed by atoms with Gasteiger partial charge in [0.25, 0.3) is 11.5 Å². The van der Waals surface area contributed by atoms with E-state index >= 15 is 0 Å². The van der Waals surface area contributed by atoms with Gasteiger partial charge in [0.2, 0.25) is 0 Å². The topological polar surface area (TPSA) is 64.2 Å². The first-order valence-electron chi connectivity index (χ1n) is 6.27. The van der Waals surface area contributed by atoms with Gasteiger partial charge in [0, 0.05) is 25.4 Å². The van der Waals surface area contributed by atoms with Gasteiger partial charge in [-0.25, -0.2) is 0 Å². The van der Waals surface area contributed by atoms with Crippen LogP contribution in [-0.2, 0) is 6.54 Å². The average Bonchev–Trinajstić information content (AvgIpc) is 2.83. The van der Waals surface area contributed by atoms with Gasteiger partial charge in [0.1, 0.15) is 0 Å². The molecule has 106 valence electrons. The first kappa shape index (κ1) is 14.6. The Hall–Kier alpha value is -1.82. The standard InChI is InChI=1S/C14H15BrN2O3/c1-10-5-8-17(13(18)9-10)7-2-6-16-14(19)11-3-4-12(15)20-11/h3-5,8-9H,2,6-7H2,1H3,(H,16,19). The van der Waals surface area contributed by atoms with Crippen LogP contribution < -0.4 is 10.9 Å². The molecular weight excluding hydrogens is 324 g/mol. The maximum absolute atomic E-state index is 11.7. The summed E-state index contributed by atoms with van der Waals surface area (Å²) in [6, 6.07) is 6.75. The molecule has 0 unspecified atom stereocenters. The Kier molecular flexibility index (Phi) is 4.79. The fourth-order valence-corrected chi connectivity index (χ4v) is 2.07. The minimum Gasteiger partial charge on any atom is -0.444 e. The number of aromatic nitrogens is 1. The largest absolute Gasteiger partial charge is 0.444 e. The zero-order chi connectivity index (χ0) is 14.5. The molecule has 0 saturated heterocycles. The molecular formula is C14H15BrN2O3. The van der Waals surface area contributed by atoms with E-state index in [1.165, 1.54) is 0 Å². The molecule has 0 aliphatic rings. The third kappa shape index (κ3) is 3.84. The quantitative estimate of drug-likeness (QED) is 0.851. The average molecular weight is 339 g/mol. The van der Waals surface area contributed by atoms with Crippen LogP contribution >= 0.6 is 15.9 Å². The van der Waals surface area contributed by atoms with Crippen molar-refractivity contribution in [2.24, 2.45) is 0 Å². The number of furan rings is 1. The highest BCUT2D eigenvalue weighted by atomic mass is 79.9. The number of hydrogen-bond donors (Lipinski definition) is 1. The highest BCUT2D eigenvalue weighted by molar-refractivity contribution is 9.10. The van der Waals surface area contributed by atoms with Crippen molar-refractivity contribution in [1.29, 1.82) is 0 Å². The number of aryl methyl sites for hydroxylation is 2. The van der Waals surface area contributed by atoms with Gasteiger partial charge < -0.3 is 14.3 Å². The summed E-state index contributed by atoms with van der Waals surface area (Å²) >= 11 is 3.14. The van der Waals surface area contributed by atoms with E-state index in [0.29, 0.717) is 24.2 Å². The van der Waals surface area contributed by atoms with Gasteiger partial charge in [-0.2, -0.15) is 0 Å². The van der Waals surface area contributed by atoms with Crippen molar-refractivity contribution in [1.82, 2.24) is 9.88 Å². The summed E-state index contributed by atoms with van der Waals surface area (Å²) in [5.74, 6) is 0.0105. The van der Waals surface area contributed by atoms with E-state index in [-0.39, 0.29) is 17.2 Å². The molecule has 0 atom stereocenters. The van der Waals surface area contributed by atoms with Gasteiger partial charge in [0.15, 0.2) is 10.4 Å². The number of amides is 1. The highest BCUT2D eigenvalue weighted by Gasteiger charge is 2.09. The molecule has 0 aliphatic carbocycles. The van der Waals surface area contributed by atoms with Gasteiger partial charge in [0.05, 0.1) is 0 Å². The number of carbonyl (C=O) groups is 1. The van der Waals surface area contributed by atoms with Crippen molar-refractivity contribution in [2.45, 2.75) is 19.9 Å². The predicted octanol–water partition coefficient (Wildman–Crippen LogP) is 2.33. The van der Waals surface area contributed by atoms with Crippen LogP contribution in [0.4, 0.5) is 0 Å². The maximum Gasteiger partial charge on any atom is 0.287 e. The third-order valence-corrected chi connectivity index (χ3v) is 3.24. The molecule has 0 fully saturated rings. The van der Waals surface area contributed by atoms with E-state index in [1.54, 1.807) is 29.0 Å². The number of pyridine rings is 1. The molecule has 2 aromatic rings. The Morgan fingerprint density at radius 2 is 2.20 bits per heavy atom. The fourth-order valence-electron chi connectivity index (χ4n) is 1.77. The van der Waals surface area contributed by atoms with Gasteiger partial charge in [-0.05, 0) is 53.0 Å². The first-order chi connectivity index (χ1) is 9.56. The van der Waals surface area contributed by atoms with E-state index < -0.39 is 0 Å². The van der Waals surface area contributed by atoms with E-state index in [1.807, 2.05) is 13.0 Å². The predicted molar refractivity (Wildman–Crippen MR) is 78.8 cm³/mol. The summed E-state index contributed by atoms with van der Waals surface area (Å²) in [4.78, 5) is 23.3. The molecule has 0 saturated carbocycles. The zero-order valence-electron chi connectivity index (χ0n) is 11.1. The van der Waals surface area contributed by atoms with Crippen molar-refractivity contribution in [3.63, 3.8) is 0 Å². The lowest BCUT2D eigenvalue weighted by Gasteiger charge is -2.06. The van der Waals surface area contributed by atoms with Gasteiger partial charge >= 0.3 is 0 Å². The maximum atomic E-state index is 11.7. The van der Waals surface area contributed by atoms with Crippen LogP contribution in [0.3, 0.4) is 0 Å². The normalized spacial score (nSPS) is 10.5. The van der Waals surface area contributed by atoms with Crippen LogP contribution in [0, 0.1) is 6.92 Å². The minimum atomic E-state index is -0.257. The van der Waals surface area contributed by atoms with Crippen molar-refractivity contribution in [3.8, 4) is 0 Å². The molecule has 0 aromatic carbocycles. The number of rotatable bonds is 5. The van der Waals surface area contributed by atoms with Gasteiger partial charge in [-0.15, -0.1) is 0 Å². The van der Waals surface area contributed by atoms with E-state index in [2.05, 4.69) is 21.2 Å². The van der Waals surface area contributed by atoms with Gasteiger partial charge in [-0.3, -0.25) is 9.59 Å². The van der Waals surface area contributed by atoms with E-state index in [0.717, 1.165) is 5.56 Å². The molecule has 0 radical (unpaired) electrons. The first-order valence-corrected chi connectivity index (χ1v) is 7.06. The molecule has 2 heterocycles. The SMILES string of the molecule is Cc1ccn(CCCNC(=O)c2ccc(Br)o2)c(=O)c1. The zero-order valence-corrected chi connectivity index (χ0v) is 12.6. The van der Waals surface area contributed by atoms with Crippen molar-refractivity contribution < 1.29 is 9.21 Å². The summed E-state index contributed by atoms with van der Waals surface area (Å²) in [5, 5.41) is 2.74. The Morgan fingerprint density at radius 1 is 1.40 bits per heavy atom. The molecule has 1 amide bonds. The third-order valence-electron chi connectivity index (χ3n) is 2.81. The number of nitrogens with zero attached hydrogens (tertiary/aromatic N) is 1. The number of carbonyl (C=O) groups excluding carboxylic acids is 1. The van der Waals surface area contributed by atoms with Gasteiger partial charge in [-0.1, -0.05) is 0 Å². The second-order valence-electron chi connectivity index (χ2n) is 4.45. The number of hydrogen-bond acceptors (Lipinski definition) is 3. The number of nitrogens with one attached hydrogen (secondary N) is 1. The lowest BCUT2D eigenvalue weighted by Crippen LogP contribution is -2.26. The van der Waals surface area contributed by atoms with Crippen LogP contribution in [0.15, 0.2) is 44.3 Å². The van der Waals surface area contributed by atoms with Crippen LogP contribution in [0.2, 0.25) is 0 Å². The number of halogens is 1. The van der Waals surface area contributed by atoms with Crippen LogP contribution in [0.1, 0.15) is 22.5 Å². The summed E-state index contributed by atoms with van der Waals surface area (Å²) in [7, 11) is 0. The molecule has 0 spiro atoms. The second-order valence-corrected chi connectivity index (χ2v) is 5.23. The van der Waals surface area contributed by atoms with Crippen LogP contribution in [-0.4, -0.2) is 17.0 Å². The molecule has 1 N–H and O–H groups in total. The monoisotopic (exact) mass is 338 g/mol. The van der Waals surface area contributed by atoms with Crippen molar-refractivity contribution in [3.05, 3.63) is 56.8 Å². The highest BCUT2D eigenvalue weighted by Crippen LogP contribution is 2.13. The summed E-state index contributed by atoms with van der Waals surface area (Å²) < 4.78 is 7.29. The fraction of sp³-hybridized carbons (Fsp3) is 0.286. The Bertz CT molecular complexity index is 660. The molecule has 2 aromatic heterocycles. The molecule has 20 heavy (non-hydrogen) atoms. The van der Waals surface area contributed by atoms with E-state index in [4.69, 9.17) is 4.42 Å². The molecule has 0 aliphatic heterocycles. The van der Waals surface area contributed by atoms with E-state index in [9.17, 15) is 9.59 Å². The van der Waals surface area contributed by atoms with Crippen molar-refractivity contribution >= 4 is 21.8 Å². The Balaban J connectivity index is 1.79. The Labute approximate surface area is 124 Å². The van der Waals surface area contributed by atoms with Crippen LogP contribution in [0.5, 0.6) is 0 Å². The smallest absolute Gasteiger partial charge is 0.287 e. The molecule has 5 nitrogen and oxygen atoms in total. The lowest BCUT2D eigenvalue weighted by atomic mass is 10.3. The summed E-state index contributed by atoms with van der Waals surface area (Å²) in [5.41, 5.74) is 0.925. The lowest BCUT2D eigenvalue weighted by molar-refractivity contribution is 0.0923. The molecule has 0 bridgehead atoms. The molecule has 2 rings (SSSR count). The van der Waals surface area contributed by atoms with Crippen LogP contribution in [0.25, 0.3) is 0 Å². The second kappa shape index (κ2) is 6.56. The molecule has 6 heteroatoms. The summed E-state index contributed by atoms with van der Waals surface area (Å²) in [6.07, 6.45) is 2.44. The minimum absolute atomic E-state index is 0.0220. The summed E-state index contributed by atoms with van der Waals surface area (Å²) in [6.45, 7) is 2.94. The van der Waals surface area contributed by atoms with Crippen molar-refractivity contribution in [2.75, 3.05) is 6.54 Å².